The first-order chi connectivity index (χ1) is 12.5. The minimum absolute atomic E-state index is 0.00386. The van der Waals surface area contributed by atoms with Gasteiger partial charge < -0.3 is 14.8 Å². The Bertz CT molecular complexity index is 727. The molecule has 0 bridgehead atoms. The van der Waals surface area contributed by atoms with Crippen molar-refractivity contribution in [2.75, 3.05) is 13.1 Å². The van der Waals surface area contributed by atoms with Gasteiger partial charge in [0.1, 0.15) is 0 Å². The SMILES string of the molecule is CC(C)C(=O)NC1CCN(C(=O)Cc2ccc(-n3cccc3)cc2)CC1. The summed E-state index contributed by atoms with van der Waals surface area (Å²) in [7, 11) is 0. The van der Waals surface area contributed by atoms with Crippen LogP contribution in [0.3, 0.4) is 0 Å². The van der Waals surface area contributed by atoms with Gasteiger partial charge in [-0.2, -0.15) is 0 Å². The smallest absolute Gasteiger partial charge is 0.226 e. The molecule has 0 saturated carbocycles. The van der Waals surface area contributed by atoms with E-state index in [0.717, 1.165) is 24.1 Å². The van der Waals surface area contributed by atoms with Gasteiger partial charge in [0.05, 0.1) is 6.42 Å². The van der Waals surface area contributed by atoms with E-state index in [1.165, 1.54) is 0 Å². The van der Waals surface area contributed by atoms with Crippen LogP contribution in [0.4, 0.5) is 0 Å². The average Bonchev–Trinajstić information content (AvgIpc) is 3.17. The Morgan fingerprint density at radius 1 is 1.08 bits per heavy atom. The normalized spacial score (nSPS) is 15.3. The van der Waals surface area contributed by atoms with Crippen LogP contribution in [0.25, 0.3) is 5.69 Å². The molecule has 5 nitrogen and oxygen atoms in total. The topological polar surface area (TPSA) is 54.3 Å². The summed E-state index contributed by atoms with van der Waals surface area (Å²) in [6.45, 7) is 5.22. The summed E-state index contributed by atoms with van der Waals surface area (Å²) in [4.78, 5) is 26.3. The zero-order chi connectivity index (χ0) is 18.5. The number of nitrogens with zero attached hydrogens (tertiary/aromatic N) is 2. The lowest BCUT2D eigenvalue weighted by molar-refractivity contribution is -0.131. The Morgan fingerprint density at radius 3 is 2.27 bits per heavy atom. The molecule has 0 radical (unpaired) electrons. The van der Waals surface area contributed by atoms with Crippen LogP contribution in [-0.4, -0.2) is 40.4 Å². The minimum atomic E-state index is 0.00386. The van der Waals surface area contributed by atoms with E-state index in [0.29, 0.717) is 19.5 Å². The molecule has 1 N–H and O–H groups in total. The van der Waals surface area contributed by atoms with Gasteiger partial charge in [-0.25, -0.2) is 0 Å². The second-order valence-electron chi connectivity index (χ2n) is 7.25. The fourth-order valence-corrected chi connectivity index (χ4v) is 3.22. The Labute approximate surface area is 155 Å². The molecule has 2 aromatic rings. The molecule has 0 aliphatic carbocycles. The molecule has 0 unspecified atom stereocenters. The van der Waals surface area contributed by atoms with Gasteiger partial charge in [0.2, 0.25) is 11.8 Å². The summed E-state index contributed by atoms with van der Waals surface area (Å²) < 4.78 is 2.04. The number of carbonyl (C=O) groups excluding carboxylic acids is 2. The van der Waals surface area contributed by atoms with E-state index in [4.69, 9.17) is 0 Å². The Morgan fingerprint density at radius 2 is 1.69 bits per heavy atom. The van der Waals surface area contributed by atoms with Gasteiger partial charge in [-0.1, -0.05) is 26.0 Å². The fourth-order valence-electron chi connectivity index (χ4n) is 3.22. The van der Waals surface area contributed by atoms with Crippen LogP contribution in [0.5, 0.6) is 0 Å². The van der Waals surface area contributed by atoms with E-state index in [1.807, 2.05) is 72.1 Å². The Balaban J connectivity index is 1.49. The number of hydrogen-bond donors (Lipinski definition) is 1. The number of piperidine rings is 1. The zero-order valence-electron chi connectivity index (χ0n) is 15.5. The van der Waals surface area contributed by atoms with Crippen molar-refractivity contribution in [1.29, 1.82) is 0 Å². The molecule has 2 heterocycles. The Hall–Kier alpha value is -2.56. The van der Waals surface area contributed by atoms with Gasteiger partial charge in [-0.15, -0.1) is 0 Å². The van der Waals surface area contributed by atoms with Gasteiger partial charge in [0.15, 0.2) is 0 Å². The molecule has 3 rings (SSSR count). The molecule has 1 saturated heterocycles. The maximum Gasteiger partial charge on any atom is 0.226 e. The number of amides is 2. The highest BCUT2D eigenvalue weighted by molar-refractivity contribution is 5.79. The molecule has 0 spiro atoms. The van der Waals surface area contributed by atoms with Crippen molar-refractivity contribution in [3.05, 3.63) is 54.4 Å². The van der Waals surface area contributed by atoms with Crippen molar-refractivity contribution in [1.82, 2.24) is 14.8 Å². The van der Waals surface area contributed by atoms with Crippen LogP contribution in [0, 0.1) is 5.92 Å². The van der Waals surface area contributed by atoms with Crippen molar-refractivity contribution >= 4 is 11.8 Å². The quantitative estimate of drug-likeness (QED) is 0.899. The number of nitrogens with one attached hydrogen (secondary N) is 1. The third-order valence-corrected chi connectivity index (χ3v) is 4.91. The van der Waals surface area contributed by atoms with E-state index in [9.17, 15) is 9.59 Å². The number of hydrogen-bond acceptors (Lipinski definition) is 2. The Kier molecular flexibility index (Phi) is 5.76. The number of rotatable bonds is 5. The summed E-state index contributed by atoms with van der Waals surface area (Å²) in [5, 5.41) is 3.07. The van der Waals surface area contributed by atoms with E-state index >= 15 is 0 Å². The molecule has 1 fully saturated rings. The predicted molar refractivity (Wildman–Crippen MR) is 102 cm³/mol. The summed E-state index contributed by atoms with van der Waals surface area (Å²) >= 11 is 0. The standard InChI is InChI=1S/C21H27N3O2/c1-16(2)21(26)22-18-9-13-24(14-10-18)20(25)15-17-5-7-19(8-6-17)23-11-3-4-12-23/h3-8,11-12,16,18H,9-10,13-15H2,1-2H3,(H,22,26). The van der Waals surface area contributed by atoms with Crippen LogP contribution >= 0.6 is 0 Å². The zero-order valence-corrected chi connectivity index (χ0v) is 15.5. The monoisotopic (exact) mass is 353 g/mol. The average molecular weight is 353 g/mol. The van der Waals surface area contributed by atoms with Crippen molar-refractivity contribution in [2.45, 2.75) is 39.2 Å². The lowest BCUT2D eigenvalue weighted by Crippen LogP contribution is -2.47. The van der Waals surface area contributed by atoms with Crippen LogP contribution in [0.15, 0.2) is 48.8 Å². The predicted octanol–water partition coefficient (Wildman–Crippen LogP) is 2.78. The summed E-state index contributed by atoms with van der Waals surface area (Å²) in [6.07, 6.45) is 6.09. The van der Waals surface area contributed by atoms with Crippen LogP contribution in [-0.2, 0) is 16.0 Å². The molecule has 26 heavy (non-hydrogen) atoms. The second kappa shape index (κ2) is 8.21. The largest absolute Gasteiger partial charge is 0.353 e. The van der Waals surface area contributed by atoms with E-state index < -0.39 is 0 Å². The maximum absolute atomic E-state index is 12.6. The lowest BCUT2D eigenvalue weighted by Gasteiger charge is -2.32. The number of likely N-dealkylation sites (tertiary alicyclic amines) is 1. The molecule has 2 amide bonds. The number of carbonyl (C=O) groups is 2. The first kappa shape index (κ1) is 18.2. The third-order valence-electron chi connectivity index (χ3n) is 4.91. The van der Waals surface area contributed by atoms with Gasteiger partial charge >= 0.3 is 0 Å². The number of benzene rings is 1. The summed E-state index contributed by atoms with van der Waals surface area (Å²) in [5.74, 6) is 0.258. The van der Waals surface area contributed by atoms with Gasteiger partial charge in [-0.05, 0) is 42.7 Å². The molecule has 1 aliphatic heterocycles. The highest BCUT2D eigenvalue weighted by Gasteiger charge is 2.24. The maximum atomic E-state index is 12.6. The molecule has 138 valence electrons. The highest BCUT2D eigenvalue weighted by Crippen LogP contribution is 2.15. The fraction of sp³-hybridized carbons (Fsp3) is 0.429. The highest BCUT2D eigenvalue weighted by atomic mass is 16.2. The lowest BCUT2D eigenvalue weighted by atomic mass is 10.0. The molecule has 1 aromatic heterocycles. The third kappa shape index (κ3) is 4.54. The second-order valence-corrected chi connectivity index (χ2v) is 7.25. The van der Waals surface area contributed by atoms with Crippen molar-refractivity contribution < 1.29 is 9.59 Å². The van der Waals surface area contributed by atoms with E-state index in [1.54, 1.807) is 0 Å². The molecule has 0 atom stereocenters. The van der Waals surface area contributed by atoms with Crippen molar-refractivity contribution in [3.63, 3.8) is 0 Å². The molecule has 5 heteroatoms. The van der Waals surface area contributed by atoms with Crippen LogP contribution in [0.2, 0.25) is 0 Å². The molecular formula is C21H27N3O2. The first-order valence-corrected chi connectivity index (χ1v) is 9.33. The van der Waals surface area contributed by atoms with Gasteiger partial charge in [-0.3, -0.25) is 9.59 Å². The van der Waals surface area contributed by atoms with Crippen LogP contribution < -0.4 is 5.32 Å². The summed E-state index contributed by atoms with van der Waals surface area (Å²) in [6, 6.07) is 12.3. The van der Waals surface area contributed by atoms with Gasteiger partial charge in [0, 0.05) is 43.1 Å². The minimum Gasteiger partial charge on any atom is -0.353 e. The van der Waals surface area contributed by atoms with E-state index in [2.05, 4.69) is 5.32 Å². The first-order valence-electron chi connectivity index (χ1n) is 9.33. The molecular weight excluding hydrogens is 326 g/mol. The van der Waals surface area contributed by atoms with Crippen molar-refractivity contribution in [2.24, 2.45) is 5.92 Å². The van der Waals surface area contributed by atoms with Gasteiger partial charge in [0.25, 0.3) is 0 Å². The molecule has 1 aliphatic rings. The van der Waals surface area contributed by atoms with Crippen molar-refractivity contribution in [3.8, 4) is 5.69 Å². The number of aromatic nitrogens is 1. The van der Waals surface area contributed by atoms with Crippen LogP contribution in [0.1, 0.15) is 32.3 Å². The molecule has 1 aromatic carbocycles. The summed E-state index contributed by atoms with van der Waals surface area (Å²) in [5.41, 5.74) is 2.12. The van der Waals surface area contributed by atoms with E-state index in [-0.39, 0.29) is 23.8 Å².